The molecule has 1 amide bonds. The van der Waals surface area contributed by atoms with Crippen LogP contribution in [0, 0.1) is 0 Å². The molecule has 1 atom stereocenters. The molecule has 28 heavy (non-hydrogen) atoms. The van der Waals surface area contributed by atoms with Crippen LogP contribution in [-0.2, 0) is 14.8 Å². The van der Waals surface area contributed by atoms with Crippen molar-refractivity contribution < 1.29 is 17.9 Å². The van der Waals surface area contributed by atoms with Crippen molar-refractivity contribution in [2.45, 2.75) is 17.3 Å². The van der Waals surface area contributed by atoms with Crippen molar-refractivity contribution in [2.24, 2.45) is 0 Å². The van der Waals surface area contributed by atoms with Gasteiger partial charge in [-0.1, -0.05) is 40.8 Å². The Morgan fingerprint density at radius 3 is 2.82 bits per heavy atom. The zero-order valence-electron chi connectivity index (χ0n) is 15.4. The summed E-state index contributed by atoms with van der Waals surface area (Å²) in [5, 5.41) is 11.0. The predicted octanol–water partition coefficient (Wildman–Crippen LogP) is 3.27. The van der Waals surface area contributed by atoms with Crippen LogP contribution in [0.5, 0.6) is 5.75 Å². The third kappa shape index (κ3) is 5.60. The molecule has 0 bridgehead atoms. The Morgan fingerprint density at radius 1 is 1.50 bits per heavy atom. The lowest BCUT2D eigenvalue weighted by atomic mass is 10.2. The van der Waals surface area contributed by atoms with E-state index < -0.39 is 22.0 Å². The van der Waals surface area contributed by atoms with E-state index in [1.54, 1.807) is 12.1 Å². The number of ether oxygens (including phenoxy) is 1. The fourth-order valence-electron chi connectivity index (χ4n) is 2.28. The minimum absolute atomic E-state index is 0.166. The van der Waals surface area contributed by atoms with E-state index in [1.807, 2.05) is 0 Å². The molecule has 0 saturated carbocycles. The average molecular weight is 463 g/mol. The predicted molar refractivity (Wildman–Crippen MR) is 114 cm³/mol. The number of nitrogens with zero attached hydrogens (tertiary/aromatic N) is 3. The topological polar surface area (TPSA) is 101 Å². The first-order valence-corrected chi connectivity index (χ1v) is 11.9. The van der Waals surface area contributed by atoms with Gasteiger partial charge in [0.05, 0.1) is 19.1 Å². The van der Waals surface area contributed by atoms with Crippen LogP contribution in [0.4, 0.5) is 10.8 Å². The first kappa shape index (κ1) is 22.5. The zero-order valence-corrected chi connectivity index (χ0v) is 18.6. The van der Waals surface area contributed by atoms with Crippen molar-refractivity contribution in [3.05, 3.63) is 35.9 Å². The maximum Gasteiger partial charge on any atom is 0.249 e. The Labute approximate surface area is 177 Å². The van der Waals surface area contributed by atoms with Gasteiger partial charge in [-0.2, -0.15) is 0 Å². The quantitative estimate of drug-likeness (QED) is 0.346. The molecule has 0 fully saturated rings. The largest absolute Gasteiger partial charge is 0.495 e. The summed E-state index contributed by atoms with van der Waals surface area (Å²) in [5.41, 5.74) is 0.166. The molecular formula is C16H19ClN4O4S3. The van der Waals surface area contributed by atoms with E-state index in [4.69, 9.17) is 16.3 Å². The maximum atomic E-state index is 12.7. The summed E-state index contributed by atoms with van der Waals surface area (Å²) in [4.78, 5) is 12.7. The number of carbonyl (C=O) groups is 1. The van der Waals surface area contributed by atoms with Gasteiger partial charge in [0.2, 0.25) is 21.1 Å². The Morgan fingerprint density at radius 2 is 2.21 bits per heavy atom. The molecule has 1 unspecified atom stereocenters. The van der Waals surface area contributed by atoms with E-state index in [0.29, 0.717) is 15.1 Å². The van der Waals surface area contributed by atoms with Gasteiger partial charge in [0.1, 0.15) is 11.8 Å². The van der Waals surface area contributed by atoms with Gasteiger partial charge in [0.25, 0.3) is 0 Å². The third-order valence-electron chi connectivity index (χ3n) is 3.43. The van der Waals surface area contributed by atoms with Gasteiger partial charge in [-0.3, -0.25) is 14.4 Å². The molecule has 8 nitrogen and oxygen atoms in total. The van der Waals surface area contributed by atoms with Gasteiger partial charge >= 0.3 is 0 Å². The van der Waals surface area contributed by atoms with Crippen molar-refractivity contribution in [1.29, 1.82) is 0 Å². The second kappa shape index (κ2) is 9.59. The number of aromatic nitrogens is 2. The maximum absolute atomic E-state index is 12.7. The first-order valence-electron chi connectivity index (χ1n) is 7.88. The summed E-state index contributed by atoms with van der Waals surface area (Å²) in [6, 6.07) is 3.45. The number of rotatable bonds is 9. The Hall–Kier alpha value is -1.82. The number of benzene rings is 1. The van der Waals surface area contributed by atoms with Crippen molar-refractivity contribution >= 4 is 61.4 Å². The smallest absolute Gasteiger partial charge is 0.249 e. The zero-order chi connectivity index (χ0) is 20.9. The molecule has 0 aliphatic heterocycles. The molecule has 2 aromatic rings. The lowest BCUT2D eigenvalue weighted by Gasteiger charge is -2.29. The molecule has 0 aliphatic carbocycles. The van der Waals surface area contributed by atoms with Gasteiger partial charge in [0.15, 0.2) is 4.34 Å². The number of amides is 1. The average Bonchev–Trinajstić information content (AvgIpc) is 3.06. The van der Waals surface area contributed by atoms with Crippen molar-refractivity contribution in [1.82, 2.24) is 10.2 Å². The molecule has 1 aromatic carbocycles. The number of thioether (sulfide) groups is 1. The molecule has 0 saturated heterocycles. The highest BCUT2D eigenvalue weighted by atomic mass is 35.5. The number of halogens is 1. The second-order valence-corrected chi connectivity index (χ2v) is 10.1. The second-order valence-electron chi connectivity index (χ2n) is 5.51. The minimum Gasteiger partial charge on any atom is -0.495 e. The summed E-state index contributed by atoms with van der Waals surface area (Å²) < 4.78 is 31.7. The third-order valence-corrected chi connectivity index (χ3v) is 6.86. The summed E-state index contributed by atoms with van der Waals surface area (Å²) >= 11 is 8.64. The molecular weight excluding hydrogens is 444 g/mol. The molecule has 0 spiro atoms. The molecule has 2 rings (SSSR count). The Kier molecular flexibility index (Phi) is 7.70. The molecule has 152 valence electrons. The van der Waals surface area contributed by atoms with Gasteiger partial charge in [-0.25, -0.2) is 8.42 Å². The lowest BCUT2D eigenvalue weighted by Crippen LogP contribution is -2.45. The molecule has 1 heterocycles. The summed E-state index contributed by atoms with van der Waals surface area (Å²) in [6.07, 6.45) is 2.74. The van der Waals surface area contributed by atoms with E-state index in [9.17, 15) is 13.2 Å². The fraction of sp³-hybridized carbons (Fsp3) is 0.312. The highest BCUT2D eigenvalue weighted by Crippen LogP contribution is 2.34. The number of anilines is 2. The SMILES string of the molecule is C=CCSc1nnc(NC(=O)C(C)N(c2cc(Cl)ccc2OC)S(C)(=O)=O)s1. The summed E-state index contributed by atoms with van der Waals surface area (Å²) in [7, 11) is -2.42. The summed E-state index contributed by atoms with van der Waals surface area (Å²) in [5.74, 6) is 0.368. The van der Waals surface area contributed by atoms with Gasteiger partial charge < -0.3 is 4.74 Å². The number of sulfonamides is 1. The highest BCUT2D eigenvalue weighted by molar-refractivity contribution is 8.01. The van der Waals surface area contributed by atoms with Crippen LogP contribution in [0.3, 0.4) is 0 Å². The fourth-order valence-corrected chi connectivity index (χ4v) is 5.13. The van der Waals surface area contributed by atoms with Crippen LogP contribution < -0.4 is 14.4 Å². The lowest BCUT2D eigenvalue weighted by molar-refractivity contribution is -0.116. The van der Waals surface area contributed by atoms with Crippen LogP contribution in [-0.4, -0.2) is 49.7 Å². The number of hydrogen-bond acceptors (Lipinski definition) is 8. The first-order chi connectivity index (χ1) is 13.2. The normalized spacial score (nSPS) is 12.3. The van der Waals surface area contributed by atoms with Crippen LogP contribution in [0.1, 0.15) is 6.92 Å². The number of methoxy groups -OCH3 is 1. The van der Waals surface area contributed by atoms with Gasteiger partial charge in [-0.15, -0.1) is 16.8 Å². The van der Waals surface area contributed by atoms with E-state index in [1.165, 1.54) is 49.3 Å². The molecule has 1 N–H and O–H groups in total. The molecule has 0 radical (unpaired) electrons. The van der Waals surface area contributed by atoms with Crippen molar-refractivity contribution in [3.8, 4) is 5.75 Å². The van der Waals surface area contributed by atoms with E-state index in [-0.39, 0.29) is 16.6 Å². The van der Waals surface area contributed by atoms with Crippen LogP contribution in [0.2, 0.25) is 5.02 Å². The minimum atomic E-state index is -3.82. The number of nitrogens with one attached hydrogen (secondary N) is 1. The van der Waals surface area contributed by atoms with Gasteiger partial charge in [-0.05, 0) is 25.1 Å². The molecule has 0 aliphatic rings. The van der Waals surface area contributed by atoms with Crippen molar-refractivity contribution in [2.75, 3.05) is 28.7 Å². The molecule has 1 aromatic heterocycles. The van der Waals surface area contributed by atoms with Crippen LogP contribution >= 0.6 is 34.7 Å². The van der Waals surface area contributed by atoms with E-state index in [0.717, 1.165) is 10.6 Å². The molecule has 12 heteroatoms. The summed E-state index contributed by atoms with van der Waals surface area (Å²) in [6.45, 7) is 5.09. The number of hydrogen-bond donors (Lipinski definition) is 1. The number of carbonyl (C=O) groups excluding carboxylic acids is 1. The van der Waals surface area contributed by atoms with Crippen molar-refractivity contribution in [3.63, 3.8) is 0 Å². The van der Waals surface area contributed by atoms with E-state index in [2.05, 4.69) is 22.1 Å². The van der Waals surface area contributed by atoms with Crippen LogP contribution in [0.15, 0.2) is 35.2 Å². The monoisotopic (exact) mass is 462 g/mol. The Bertz CT molecular complexity index is 965. The van der Waals surface area contributed by atoms with Gasteiger partial charge in [0, 0.05) is 10.8 Å². The standard InChI is InChI=1S/C16H19ClN4O4S3/c1-5-8-26-16-20-19-15(27-16)18-14(22)10(2)21(28(4,23)24)12-9-11(17)6-7-13(12)25-3/h5-7,9-10H,1,8H2,2-4H3,(H,18,19,22). The Balaban J connectivity index is 2.30. The van der Waals surface area contributed by atoms with E-state index >= 15 is 0 Å². The van der Waals surface area contributed by atoms with Crippen LogP contribution in [0.25, 0.3) is 0 Å². The highest BCUT2D eigenvalue weighted by Gasteiger charge is 2.32.